The van der Waals surface area contributed by atoms with Gasteiger partial charge in [-0.3, -0.25) is 14.4 Å². The van der Waals surface area contributed by atoms with Crippen LogP contribution in [0.1, 0.15) is 335 Å². The van der Waals surface area contributed by atoms with Gasteiger partial charge in [-0.25, -0.2) is 0 Å². The molecule has 4 atom stereocenters. The highest BCUT2D eigenvalue weighted by Crippen LogP contribution is 2.30. The SMILES string of the molecule is CC(=O)c1cccc(CCO)c1.CC(=O)c1cccc(CCO)c1.CC(=O)c1cccc(CCO)c1.CC(C)(C)C.CC(C)(C)C.CC(C)(C)C.CC(C)(C)C.CC(C)(C)C.CC(C)(C)C.CC(C)(C)C.CC1(O)OCCc2cccc(c2)C(C)(O)OCCc2cccc1c2.CC1(O)OCCc2cccc(c2)C(C)(O)OCCc2cccc1c2. The first-order valence-corrected chi connectivity index (χ1v) is 42.4. The summed E-state index contributed by atoms with van der Waals surface area (Å²) in [4.78, 5) is 32.8. The molecule has 7 aromatic rings. The molecule has 0 fully saturated rings. The zero-order valence-electron chi connectivity index (χ0n) is 81.1. The van der Waals surface area contributed by atoms with Gasteiger partial charge in [-0.15, -0.1) is 0 Å². The molecule has 4 unspecified atom stereocenters. The minimum atomic E-state index is -1.33. The average Bonchev–Trinajstić information content (AvgIpc) is 0.827. The maximum atomic E-state index is 10.9. The molecule has 0 aliphatic carbocycles. The highest BCUT2D eigenvalue weighted by atomic mass is 16.6. The molecule has 14 heteroatoms. The normalized spacial score (nSPS) is 17.9. The number of benzene rings is 7. The first-order chi connectivity index (χ1) is 53.9. The van der Waals surface area contributed by atoms with E-state index in [-0.39, 0.29) is 37.2 Å². The number of aliphatic hydroxyl groups is 7. The lowest BCUT2D eigenvalue weighted by Crippen LogP contribution is -2.28. The molecule has 7 N–H and O–H groups in total. The number of fused-ring (bicyclic) bond motifs is 8. The first-order valence-electron chi connectivity index (χ1n) is 42.4. The van der Waals surface area contributed by atoms with E-state index in [1.807, 2.05) is 152 Å². The summed E-state index contributed by atoms with van der Waals surface area (Å²) >= 11 is 0. The second-order valence-corrected chi connectivity index (χ2v) is 42.3. The largest absolute Gasteiger partial charge is 0.396 e. The molecule has 9 rings (SSSR count). The monoisotopic (exact) mass is 1650 g/mol. The molecule has 0 spiro atoms. The topological polar surface area (TPSA) is 230 Å². The fourth-order valence-corrected chi connectivity index (χ4v) is 9.09. The van der Waals surface area contributed by atoms with Crippen LogP contribution < -0.4 is 0 Å². The van der Waals surface area contributed by atoms with E-state index >= 15 is 0 Å². The second-order valence-electron chi connectivity index (χ2n) is 42.3. The molecule has 119 heavy (non-hydrogen) atoms. The quantitative estimate of drug-likeness (QED) is 0.0667. The summed E-state index contributed by atoms with van der Waals surface area (Å²) in [5.41, 5.74) is 15.6. The van der Waals surface area contributed by atoms with Crippen molar-refractivity contribution >= 4 is 17.3 Å². The minimum absolute atomic E-state index is 0.0646. The lowest BCUT2D eigenvalue weighted by atomic mass is 10.0. The summed E-state index contributed by atoms with van der Waals surface area (Å²) in [6.45, 7) is 74.4. The van der Waals surface area contributed by atoms with E-state index in [2.05, 4.69) is 194 Å². The fraction of sp³-hybridized carbons (Fsp3) is 0.571. The van der Waals surface area contributed by atoms with Crippen molar-refractivity contribution in [2.45, 2.75) is 310 Å². The summed E-state index contributed by atoms with van der Waals surface area (Å²) in [6.07, 6.45) is 4.39. The molecule has 0 saturated heterocycles. The third kappa shape index (κ3) is 71.4. The number of rotatable bonds is 9. The van der Waals surface area contributed by atoms with Crippen molar-refractivity contribution in [3.63, 3.8) is 0 Å². The van der Waals surface area contributed by atoms with Crippen molar-refractivity contribution in [1.29, 1.82) is 0 Å². The lowest BCUT2D eigenvalue weighted by molar-refractivity contribution is -0.200. The molecular weight excluding hydrogens is 1490 g/mol. The summed E-state index contributed by atoms with van der Waals surface area (Å²) in [7, 11) is 0. The smallest absolute Gasteiger partial charge is 0.189 e. The zero-order chi connectivity index (χ0) is 92.8. The van der Waals surface area contributed by atoms with Gasteiger partial charge in [0.2, 0.25) is 0 Å². The lowest BCUT2D eigenvalue weighted by Gasteiger charge is -2.27. The highest BCUT2D eigenvalue weighted by molar-refractivity contribution is 5.95. The van der Waals surface area contributed by atoms with Crippen molar-refractivity contribution < 1.29 is 69.1 Å². The Hall–Kier alpha value is -6.89. The van der Waals surface area contributed by atoms with Crippen LogP contribution in [0.25, 0.3) is 0 Å². The van der Waals surface area contributed by atoms with Crippen molar-refractivity contribution in [2.24, 2.45) is 37.9 Å². The number of ketones is 3. The number of aliphatic hydroxyl groups excluding tert-OH is 3. The summed E-state index contributed by atoms with van der Waals surface area (Å²) in [5.74, 6) is -5.12. The Labute approximate surface area is 724 Å². The number of carbonyl (C=O) groups is 3. The van der Waals surface area contributed by atoms with Gasteiger partial charge in [0.05, 0.1) is 26.4 Å². The van der Waals surface area contributed by atoms with Crippen LogP contribution in [-0.2, 0) is 87.0 Å². The van der Waals surface area contributed by atoms with Crippen LogP contribution in [0.3, 0.4) is 0 Å². The first kappa shape index (κ1) is 116. The number of hydrogen-bond acceptors (Lipinski definition) is 14. The molecule has 2 aliphatic rings. The van der Waals surface area contributed by atoms with E-state index in [1.165, 1.54) is 20.8 Å². The van der Waals surface area contributed by atoms with E-state index < -0.39 is 23.1 Å². The minimum Gasteiger partial charge on any atom is -0.396 e. The van der Waals surface area contributed by atoms with Crippen LogP contribution in [0, 0.1) is 37.9 Å². The molecule has 2 heterocycles. The van der Waals surface area contributed by atoms with Gasteiger partial charge in [0.25, 0.3) is 0 Å². The summed E-state index contributed by atoms with van der Waals surface area (Å²) < 4.78 is 22.9. The van der Waals surface area contributed by atoms with Crippen LogP contribution in [-0.4, -0.2) is 99.3 Å². The standard InChI is InChI=1S/2C20H24O4.3C10H12O2.7C5H12/c2*1-19(21)17-7-3-5-15(13-17)10-12-24-20(2,22)18-8-4-6-16(14-18)9-11-23-19;3*1-8(12)10-4-2-3-9(7-10)5-6-11;7*1-5(2,3)4/h2*3-8,13-14,21-22H,9-12H2,1-2H3;3*2-4,7,11H,5-6H2,1H3;7*1-4H3. The Kier molecular flexibility index (Phi) is 54.0. The Bertz CT molecular complexity index is 3370. The number of ether oxygens (including phenoxy) is 4. The number of hydrogen-bond donors (Lipinski definition) is 7. The van der Waals surface area contributed by atoms with E-state index in [0.717, 1.165) is 61.2 Å². The molecule has 8 bridgehead atoms. The van der Waals surface area contributed by atoms with Gasteiger partial charge < -0.3 is 54.7 Å². The Balaban J connectivity index is -0.00000131. The maximum Gasteiger partial charge on any atom is 0.189 e. The van der Waals surface area contributed by atoms with Crippen molar-refractivity contribution in [3.05, 3.63) is 248 Å². The predicted octanol–water partition coefficient (Wildman–Crippen LogP) is 24.3. The second kappa shape index (κ2) is 55.3. The van der Waals surface area contributed by atoms with E-state index in [0.29, 0.717) is 126 Å². The van der Waals surface area contributed by atoms with Crippen molar-refractivity contribution in [3.8, 4) is 0 Å². The van der Waals surface area contributed by atoms with Crippen LogP contribution in [0.15, 0.2) is 170 Å². The molecule has 0 aromatic heterocycles. The van der Waals surface area contributed by atoms with Crippen LogP contribution >= 0.6 is 0 Å². The van der Waals surface area contributed by atoms with Crippen LogP contribution in [0.4, 0.5) is 0 Å². The van der Waals surface area contributed by atoms with Crippen molar-refractivity contribution in [1.82, 2.24) is 0 Å². The predicted molar refractivity (Wildman–Crippen MR) is 500 cm³/mol. The number of Topliss-reactive ketones (excluding diaryl/α,β-unsaturated/α-hetero) is 3. The Morgan fingerprint density at radius 3 is 0.563 bits per heavy atom. The number of carbonyl (C=O) groups excluding carboxylic acids is 3. The zero-order valence-corrected chi connectivity index (χ0v) is 81.1. The van der Waals surface area contributed by atoms with E-state index in [1.54, 1.807) is 45.9 Å². The molecule has 7 aromatic carbocycles. The van der Waals surface area contributed by atoms with Gasteiger partial charge in [0.15, 0.2) is 40.5 Å². The molecule has 0 amide bonds. The molecule has 0 radical (unpaired) electrons. The van der Waals surface area contributed by atoms with Gasteiger partial charge in [-0.05, 0) is 188 Å². The summed E-state index contributed by atoms with van der Waals surface area (Å²) in [5, 5.41) is 68.5. The third-order valence-corrected chi connectivity index (χ3v) is 14.1. The molecule has 14 nitrogen and oxygen atoms in total. The van der Waals surface area contributed by atoms with Crippen LogP contribution in [0.5, 0.6) is 0 Å². The molecular formula is C105H168O14. The Morgan fingerprint density at radius 2 is 0.420 bits per heavy atom. The Morgan fingerprint density at radius 1 is 0.269 bits per heavy atom. The maximum absolute atomic E-state index is 10.9. The molecule has 672 valence electrons. The fourth-order valence-electron chi connectivity index (χ4n) is 9.09. The van der Waals surface area contributed by atoms with Gasteiger partial charge >= 0.3 is 0 Å². The van der Waals surface area contributed by atoms with E-state index in [4.69, 9.17) is 34.3 Å². The summed E-state index contributed by atoms with van der Waals surface area (Å²) in [6, 6.07) is 52.6. The average molecular weight is 1650 g/mol. The van der Waals surface area contributed by atoms with Gasteiger partial charge in [-0.2, -0.15) is 0 Å². The van der Waals surface area contributed by atoms with Crippen LogP contribution in [0.2, 0.25) is 0 Å². The third-order valence-electron chi connectivity index (χ3n) is 14.1. The van der Waals surface area contributed by atoms with Crippen molar-refractivity contribution in [2.75, 3.05) is 46.2 Å². The molecule has 2 aliphatic heterocycles. The van der Waals surface area contributed by atoms with Gasteiger partial charge in [0, 0.05) is 58.8 Å². The van der Waals surface area contributed by atoms with Gasteiger partial charge in [0.1, 0.15) is 0 Å². The van der Waals surface area contributed by atoms with E-state index in [9.17, 15) is 34.8 Å². The molecule has 0 saturated carbocycles. The highest BCUT2D eigenvalue weighted by Gasteiger charge is 2.29. The van der Waals surface area contributed by atoms with Gasteiger partial charge in [-0.1, -0.05) is 346 Å².